The third-order valence-electron chi connectivity index (χ3n) is 27.2. The summed E-state index contributed by atoms with van der Waals surface area (Å²) >= 11 is 5.65. The fraction of sp³-hybridized carbons (Fsp3) is 0.0164. The number of fused-ring (bicyclic) bond motifs is 30. The van der Waals surface area contributed by atoms with Gasteiger partial charge in [-0.25, -0.2) is 0 Å². The molecule has 20 aromatic carbocycles. The molecule has 29 aromatic rings. The van der Waals surface area contributed by atoms with Crippen LogP contribution in [0.1, 0.15) is 11.1 Å². The van der Waals surface area contributed by atoms with E-state index in [1.54, 1.807) is 0 Å². The van der Waals surface area contributed by atoms with E-state index in [4.69, 9.17) is 0 Å². The molecule has 0 bridgehead atoms. The van der Waals surface area contributed by atoms with Gasteiger partial charge in [-0.1, -0.05) is 248 Å². The Kier molecular flexibility index (Phi) is 17.0. The van der Waals surface area contributed by atoms with Gasteiger partial charge in [0.15, 0.2) is 0 Å². The number of hydrogen-bond acceptors (Lipinski definition) is 3. The highest BCUT2D eigenvalue weighted by atomic mass is 32.1. The minimum absolute atomic E-state index is 1.17. The standard InChI is InChI=1S/C43H28N2S.C42H26N2S.C37H24N2S/c1-27-15-21-37-34(25-27)32-11-5-7-13-36(32)44(37)31-19-16-28(17-20-31)29-18-22-38-35(26-29)42-39(45(38)30-9-3-2-4-10-30)23-24-41-43(42)33-12-6-8-14-40(33)46-41;1-2-10-29(11-3-1)44-37-23-20-28(26-34(37)41-38(44)24-25-40-42(41)33-14-6-9-17-39(33)45-40)27-18-21-30(22-19-27)43-35-15-7-4-12-31(35)32-13-5-8-16-36(32)43;1-23-17-18-32-29(21-23)36-33(19-20-35-37(36)28-13-4-7-16-34(28)40-35)39(32)25-10-8-9-24(22-25)38-30-14-5-2-11-26(30)27-12-3-6-15-31(27)38/h2-26H,1H3;1-26H;2-22H,1H3. The maximum Gasteiger partial charge on any atom is 0.0548 e. The quantitative estimate of drug-likeness (QED) is 0.145. The summed E-state index contributed by atoms with van der Waals surface area (Å²) < 4.78 is 22.5. The summed E-state index contributed by atoms with van der Waals surface area (Å²) in [5, 5.41) is 23.7. The Labute approximate surface area is 764 Å². The van der Waals surface area contributed by atoms with E-state index >= 15 is 0 Å². The molecule has 0 spiro atoms. The first-order valence-electron chi connectivity index (χ1n) is 44.8. The molecule has 0 saturated carbocycles. The second kappa shape index (κ2) is 29.7. The molecule has 9 aromatic heterocycles. The predicted molar refractivity (Wildman–Crippen MR) is 564 cm³/mol. The van der Waals surface area contributed by atoms with Gasteiger partial charge in [-0.3, -0.25) is 0 Å². The fourth-order valence-electron chi connectivity index (χ4n) is 21.6. The van der Waals surface area contributed by atoms with Crippen molar-refractivity contribution in [1.29, 1.82) is 0 Å². The number of aromatic nitrogens is 6. The van der Waals surface area contributed by atoms with Crippen molar-refractivity contribution in [2.45, 2.75) is 13.8 Å². The fourth-order valence-corrected chi connectivity index (χ4v) is 24.9. The van der Waals surface area contributed by atoms with E-state index < -0.39 is 0 Å². The van der Waals surface area contributed by atoms with Crippen molar-refractivity contribution in [2.24, 2.45) is 0 Å². The van der Waals surface area contributed by atoms with Gasteiger partial charge in [0.2, 0.25) is 0 Å². The lowest BCUT2D eigenvalue weighted by Gasteiger charge is -2.13. The zero-order valence-corrected chi connectivity index (χ0v) is 73.9. The van der Waals surface area contributed by atoms with Gasteiger partial charge in [-0.15, -0.1) is 34.0 Å². The van der Waals surface area contributed by atoms with Crippen LogP contribution in [0.25, 0.3) is 248 Å². The molecule has 9 heteroatoms. The van der Waals surface area contributed by atoms with Crippen LogP contribution in [-0.2, 0) is 0 Å². The molecule has 0 fully saturated rings. The second-order valence-electron chi connectivity index (χ2n) is 34.7. The molecule has 0 N–H and O–H groups in total. The van der Waals surface area contributed by atoms with Gasteiger partial charge < -0.3 is 27.4 Å². The molecule has 0 aliphatic rings. The van der Waals surface area contributed by atoms with Gasteiger partial charge in [0.05, 0.1) is 66.2 Å². The maximum absolute atomic E-state index is 2.45. The van der Waals surface area contributed by atoms with E-state index in [1.165, 1.54) is 259 Å². The number of thiophene rings is 3. The Morgan fingerprint density at radius 3 is 0.756 bits per heavy atom. The molecular weight excluding hydrogens is 1650 g/mol. The molecule has 29 rings (SSSR count). The highest BCUT2D eigenvalue weighted by Crippen LogP contribution is 2.50. The van der Waals surface area contributed by atoms with Crippen LogP contribution >= 0.6 is 34.0 Å². The second-order valence-corrected chi connectivity index (χ2v) is 37.9. The van der Waals surface area contributed by atoms with E-state index in [2.05, 4.69) is 478 Å². The molecule has 0 saturated heterocycles. The number of hydrogen-bond donors (Lipinski definition) is 0. The summed E-state index contributed by atoms with van der Waals surface area (Å²) in [4.78, 5) is 0. The van der Waals surface area contributed by atoms with Crippen molar-refractivity contribution in [1.82, 2.24) is 27.4 Å². The Bertz CT molecular complexity index is 9660. The van der Waals surface area contributed by atoms with Crippen LogP contribution in [0.3, 0.4) is 0 Å². The normalized spacial score (nSPS) is 12.0. The number of aryl methyl sites for hydroxylation is 2. The summed E-state index contributed by atoms with van der Waals surface area (Å²) in [7, 11) is 0. The van der Waals surface area contributed by atoms with E-state index in [-0.39, 0.29) is 0 Å². The lowest BCUT2D eigenvalue weighted by atomic mass is 10.0. The number of para-hydroxylation sites is 7. The molecule has 0 atom stereocenters. The zero-order valence-electron chi connectivity index (χ0n) is 71.5. The van der Waals surface area contributed by atoms with Crippen LogP contribution in [0.2, 0.25) is 0 Å². The van der Waals surface area contributed by atoms with Crippen molar-refractivity contribution in [3.05, 3.63) is 448 Å². The average Bonchev–Trinajstić information content (AvgIpc) is 1.56. The average molecular weight is 1720 g/mol. The SMILES string of the molecule is Cc1ccc2c(c1)c1c3c(ccc1n2-c1cccc(-n2c4ccccc4c4ccccc42)c1)sc1ccccc13.Cc1ccc2c(c1)c1ccccc1n2-c1ccc(-c2ccc3c(c2)c2c4c(ccc2n3-c2ccccc2)sc2ccccc24)cc1.c1ccc(-n2c3ccc(-c4ccc(-n5c6ccccc6c6ccccc65)cc4)cc3c3c4c(ccc32)sc2ccccc24)cc1. The summed E-state index contributed by atoms with van der Waals surface area (Å²) in [6.45, 7) is 4.36. The largest absolute Gasteiger partial charge is 0.309 e. The van der Waals surface area contributed by atoms with E-state index in [9.17, 15) is 0 Å². The minimum Gasteiger partial charge on any atom is -0.309 e. The van der Waals surface area contributed by atoms with Crippen LogP contribution in [0, 0.1) is 13.8 Å². The molecule has 0 aliphatic carbocycles. The van der Waals surface area contributed by atoms with Gasteiger partial charge in [0.1, 0.15) is 0 Å². The molecule has 0 amide bonds. The highest BCUT2D eigenvalue weighted by molar-refractivity contribution is 7.27. The third kappa shape index (κ3) is 11.7. The van der Waals surface area contributed by atoms with Gasteiger partial charge in [0.25, 0.3) is 0 Å². The van der Waals surface area contributed by atoms with Crippen LogP contribution in [0.5, 0.6) is 0 Å². The summed E-state index contributed by atoms with van der Waals surface area (Å²) in [5.74, 6) is 0. The van der Waals surface area contributed by atoms with E-state index in [0.29, 0.717) is 0 Å². The Morgan fingerprint density at radius 2 is 0.382 bits per heavy atom. The van der Waals surface area contributed by atoms with E-state index in [1.807, 2.05) is 34.0 Å². The molecule has 131 heavy (non-hydrogen) atoms. The van der Waals surface area contributed by atoms with Crippen molar-refractivity contribution in [2.75, 3.05) is 0 Å². The highest BCUT2D eigenvalue weighted by Gasteiger charge is 2.25. The van der Waals surface area contributed by atoms with Gasteiger partial charge in [0, 0.05) is 159 Å². The van der Waals surface area contributed by atoms with E-state index in [0.717, 1.165) is 0 Å². The third-order valence-corrected chi connectivity index (χ3v) is 30.7. The summed E-state index contributed by atoms with van der Waals surface area (Å²) in [6, 6.07) is 160. The van der Waals surface area contributed by atoms with Crippen LogP contribution in [-0.4, -0.2) is 27.4 Å². The Hall–Kier alpha value is -16.1. The van der Waals surface area contributed by atoms with Crippen molar-refractivity contribution < 1.29 is 0 Å². The Balaban J connectivity index is 0.000000101. The van der Waals surface area contributed by atoms with Crippen molar-refractivity contribution >= 4 is 225 Å². The molecule has 0 radical (unpaired) electrons. The lowest BCUT2D eigenvalue weighted by molar-refractivity contribution is 1.13. The first kappa shape index (κ1) is 75.0. The molecule has 0 unspecified atom stereocenters. The number of rotatable bonds is 8. The molecule has 614 valence electrons. The van der Waals surface area contributed by atoms with Crippen molar-refractivity contribution in [3.8, 4) is 56.4 Å². The van der Waals surface area contributed by atoms with Gasteiger partial charge in [-0.05, 0) is 236 Å². The first-order chi connectivity index (χ1) is 64.8. The zero-order chi connectivity index (χ0) is 86.2. The van der Waals surface area contributed by atoms with Crippen LogP contribution < -0.4 is 0 Å². The predicted octanol–water partition coefficient (Wildman–Crippen LogP) is 34.7. The van der Waals surface area contributed by atoms with Gasteiger partial charge >= 0.3 is 0 Å². The van der Waals surface area contributed by atoms with Gasteiger partial charge in [-0.2, -0.15) is 0 Å². The lowest BCUT2D eigenvalue weighted by Crippen LogP contribution is -1.98. The summed E-state index contributed by atoms with van der Waals surface area (Å²) in [5.41, 5.74) is 29.3. The Morgan fingerprint density at radius 1 is 0.137 bits per heavy atom. The number of nitrogens with zero attached hydrogens (tertiary/aromatic N) is 6. The molecule has 0 aliphatic heterocycles. The maximum atomic E-state index is 2.45. The summed E-state index contributed by atoms with van der Waals surface area (Å²) in [6.07, 6.45) is 0. The molecule has 6 nitrogen and oxygen atoms in total. The molecule has 9 heterocycles. The van der Waals surface area contributed by atoms with Crippen LogP contribution in [0.4, 0.5) is 0 Å². The topological polar surface area (TPSA) is 29.6 Å². The molecular formula is C122H78N6S3. The smallest absolute Gasteiger partial charge is 0.0548 e. The minimum atomic E-state index is 1.17. The monoisotopic (exact) mass is 1720 g/mol. The van der Waals surface area contributed by atoms with Crippen molar-refractivity contribution in [3.63, 3.8) is 0 Å². The van der Waals surface area contributed by atoms with Crippen LogP contribution in [0.15, 0.2) is 437 Å². The first-order valence-corrected chi connectivity index (χ1v) is 47.3. The number of benzene rings is 20.